The van der Waals surface area contributed by atoms with Gasteiger partial charge in [0.2, 0.25) is 0 Å². The molecule has 6 heteroatoms. The number of hydrogen-bond acceptors (Lipinski definition) is 4. The van der Waals surface area contributed by atoms with E-state index in [1.165, 1.54) is 0 Å². The smallest absolute Gasteiger partial charge is 0.260 e. The molecule has 1 amide bonds. The van der Waals surface area contributed by atoms with Gasteiger partial charge in [0.05, 0.1) is 30.7 Å². The van der Waals surface area contributed by atoms with Crippen LogP contribution in [-0.2, 0) is 11.3 Å². The van der Waals surface area contributed by atoms with Crippen LogP contribution in [0.3, 0.4) is 0 Å². The number of hydrogen-bond donors (Lipinski definition) is 1. The summed E-state index contributed by atoms with van der Waals surface area (Å²) in [5.74, 6) is 0.473. The molecule has 4 aromatic rings. The van der Waals surface area contributed by atoms with E-state index >= 15 is 0 Å². The van der Waals surface area contributed by atoms with Gasteiger partial charge >= 0.3 is 0 Å². The lowest BCUT2D eigenvalue weighted by Crippen LogP contribution is -2.22. The molecule has 0 radical (unpaired) electrons. The zero-order chi connectivity index (χ0) is 18.6. The Kier molecular flexibility index (Phi) is 4.53. The SMILES string of the molecule is COc1ccc2ccccc2c1C=NNC(=O)Cn1cnc2ccccc21. The number of para-hydroxylation sites is 2. The van der Waals surface area contributed by atoms with Crippen LogP contribution in [0.4, 0.5) is 0 Å². The number of carbonyl (C=O) groups is 1. The number of benzene rings is 3. The van der Waals surface area contributed by atoms with Crippen molar-refractivity contribution in [1.29, 1.82) is 0 Å². The molecule has 0 bridgehead atoms. The third-order valence-corrected chi connectivity index (χ3v) is 4.37. The minimum Gasteiger partial charge on any atom is -0.496 e. The summed E-state index contributed by atoms with van der Waals surface area (Å²) in [6, 6.07) is 19.5. The van der Waals surface area contributed by atoms with Crippen molar-refractivity contribution in [2.75, 3.05) is 7.11 Å². The summed E-state index contributed by atoms with van der Waals surface area (Å²) in [5, 5.41) is 6.21. The molecule has 4 rings (SSSR count). The molecule has 1 aromatic heterocycles. The number of ether oxygens (including phenoxy) is 1. The van der Waals surface area contributed by atoms with Crippen LogP contribution in [-0.4, -0.2) is 28.8 Å². The lowest BCUT2D eigenvalue weighted by atomic mass is 10.0. The number of nitrogens with one attached hydrogen (secondary N) is 1. The number of aromatic nitrogens is 2. The second kappa shape index (κ2) is 7.29. The van der Waals surface area contributed by atoms with E-state index in [1.54, 1.807) is 24.2 Å². The number of imidazole rings is 1. The molecular formula is C21H18N4O2. The second-order valence-corrected chi connectivity index (χ2v) is 6.06. The Hall–Kier alpha value is -3.67. The standard InChI is InChI=1S/C21H18N4O2/c1-27-20-11-10-15-6-2-3-7-16(15)17(20)12-23-24-21(26)13-25-14-22-18-8-4-5-9-19(18)25/h2-12,14H,13H2,1H3,(H,24,26). The fraction of sp³-hybridized carbons (Fsp3) is 0.0952. The van der Waals surface area contributed by atoms with E-state index in [0.717, 1.165) is 27.4 Å². The number of rotatable bonds is 5. The Labute approximate surface area is 156 Å². The highest BCUT2D eigenvalue weighted by Gasteiger charge is 2.08. The molecule has 1 heterocycles. The Morgan fingerprint density at radius 2 is 1.96 bits per heavy atom. The minimum atomic E-state index is -0.228. The van der Waals surface area contributed by atoms with E-state index in [4.69, 9.17) is 4.74 Å². The zero-order valence-corrected chi connectivity index (χ0v) is 14.8. The fourth-order valence-electron chi connectivity index (χ4n) is 3.08. The molecule has 0 unspecified atom stereocenters. The molecule has 3 aromatic carbocycles. The number of carbonyl (C=O) groups excluding carboxylic acids is 1. The van der Waals surface area contributed by atoms with Gasteiger partial charge < -0.3 is 9.30 Å². The molecule has 0 aliphatic heterocycles. The summed E-state index contributed by atoms with van der Waals surface area (Å²) in [5.41, 5.74) is 5.17. The first-order valence-electron chi connectivity index (χ1n) is 8.54. The van der Waals surface area contributed by atoms with Crippen LogP contribution in [0.5, 0.6) is 5.75 Å². The first kappa shape index (κ1) is 16.8. The quantitative estimate of drug-likeness (QED) is 0.439. The maximum Gasteiger partial charge on any atom is 0.260 e. The molecule has 0 atom stereocenters. The first-order chi connectivity index (χ1) is 13.3. The molecule has 0 saturated carbocycles. The molecule has 0 saturated heterocycles. The average molecular weight is 358 g/mol. The van der Waals surface area contributed by atoms with E-state index in [-0.39, 0.29) is 12.5 Å². The van der Waals surface area contributed by atoms with E-state index in [0.29, 0.717) is 5.75 Å². The Morgan fingerprint density at radius 3 is 2.85 bits per heavy atom. The zero-order valence-electron chi connectivity index (χ0n) is 14.8. The number of fused-ring (bicyclic) bond motifs is 2. The highest BCUT2D eigenvalue weighted by atomic mass is 16.5. The van der Waals surface area contributed by atoms with Gasteiger partial charge in [-0.15, -0.1) is 0 Å². The highest BCUT2D eigenvalue weighted by Crippen LogP contribution is 2.26. The third kappa shape index (κ3) is 3.37. The Balaban J connectivity index is 1.52. The summed E-state index contributed by atoms with van der Waals surface area (Å²) in [7, 11) is 1.62. The van der Waals surface area contributed by atoms with Gasteiger partial charge in [0.1, 0.15) is 12.3 Å². The van der Waals surface area contributed by atoms with Crippen LogP contribution in [0, 0.1) is 0 Å². The van der Waals surface area contributed by atoms with Crippen molar-refractivity contribution in [3.63, 3.8) is 0 Å². The van der Waals surface area contributed by atoms with Gasteiger partial charge in [-0.1, -0.05) is 42.5 Å². The van der Waals surface area contributed by atoms with Crippen LogP contribution in [0.1, 0.15) is 5.56 Å². The Morgan fingerprint density at radius 1 is 1.15 bits per heavy atom. The highest BCUT2D eigenvalue weighted by molar-refractivity contribution is 6.02. The summed E-state index contributed by atoms with van der Waals surface area (Å²) >= 11 is 0. The summed E-state index contributed by atoms with van der Waals surface area (Å²) in [4.78, 5) is 16.5. The normalized spacial score (nSPS) is 11.3. The van der Waals surface area contributed by atoms with Crippen molar-refractivity contribution in [2.24, 2.45) is 5.10 Å². The molecule has 0 aliphatic rings. The van der Waals surface area contributed by atoms with E-state index < -0.39 is 0 Å². The van der Waals surface area contributed by atoms with Crippen LogP contribution in [0.15, 0.2) is 72.1 Å². The van der Waals surface area contributed by atoms with Crippen LogP contribution >= 0.6 is 0 Å². The van der Waals surface area contributed by atoms with Gasteiger partial charge in [-0.25, -0.2) is 10.4 Å². The number of amides is 1. The van der Waals surface area contributed by atoms with Crippen molar-refractivity contribution >= 4 is 33.9 Å². The molecule has 6 nitrogen and oxygen atoms in total. The predicted molar refractivity (Wildman–Crippen MR) is 106 cm³/mol. The monoisotopic (exact) mass is 358 g/mol. The van der Waals surface area contributed by atoms with E-state index in [9.17, 15) is 4.79 Å². The van der Waals surface area contributed by atoms with Crippen molar-refractivity contribution < 1.29 is 9.53 Å². The number of methoxy groups -OCH3 is 1. The maximum absolute atomic E-state index is 12.3. The largest absolute Gasteiger partial charge is 0.496 e. The molecule has 134 valence electrons. The second-order valence-electron chi connectivity index (χ2n) is 6.06. The van der Waals surface area contributed by atoms with Crippen LogP contribution < -0.4 is 10.2 Å². The summed E-state index contributed by atoms with van der Waals surface area (Å²) in [6.45, 7) is 0.143. The molecule has 27 heavy (non-hydrogen) atoms. The van der Waals surface area contributed by atoms with E-state index in [2.05, 4.69) is 15.5 Å². The van der Waals surface area contributed by atoms with Gasteiger partial charge in [0, 0.05) is 5.56 Å². The van der Waals surface area contributed by atoms with Crippen molar-refractivity contribution in [3.05, 3.63) is 72.6 Å². The Bertz CT molecular complexity index is 1150. The minimum absolute atomic E-state index is 0.143. The number of hydrazone groups is 1. The first-order valence-corrected chi connectivity index (χ1v) is 8.54. The van der Waals surface area contributed by atoms with Gasteiger partial charge in [-0.2, -0.15) is 5.10 Å². The lowest BCUT2D eigenvalue weighted by Gasteiger charge is -2.08. The topological polar surface area (TPSA) is 68.5 Å². The lowest BCUT2D eigenvalue weighted by molar-refractivity contribution is -0.121. The van der Waals surface area contributed by atoms with Crippen molar-refractivity contribution in [2.45, 2.75) is 6.54 Å². The summed E-state index contributed by atoms with van der Waals surface area (Å²) in [6.07, 6.45) is 3.27. The average Bonchev–Trinajstić information content (AvgIpc) is 3.11. The number of nitrogens with zero attached hydrogens (tertiary/aromatic N) is 3. The van der Waals surface area contributed by atoms with Crippen molar-refractivity contribution in [1.82, 2.24) is 15.0 Å². The molecular weight excluding hydrogens is 340 g/mol. The van der Waals surface area contributed by atoms with Gasteiger partial charge in [-0.3, -0.25) is 4.79 Å². The third-order valence-electron chi connectivity index (χ3n) is 4.37. The maximum atomic E-state index is 12.3. The molecule has 0 fully saturated rings. The molecule has 1 N–H and O–H groups in total. The van der Waals surface area contributed by atoms with Gasteiger partial charge in [-0.05, 0) is 29.0 Å². The fourth-order valence-corrected chi connectivity index (χ4v) is 3.08. The van der Waals surface area contributed by atoms with Crippen LogP contribution in [0.25, 0.3) is 21.8 Å². The van der Waals surface area contributed by atoms with Gasteiger partial charge in [0.25, 0.3) is 5.91 Å². The molecule has 0 aliphatic carbocycles. The summed E-state index contributed by atoms with van der Waals surface area (Å²) < 4.78 is 7.22. The predicted octanol–water partition coefficient (Wildman–Crippen LogP) is 3.35. The van der Waals surface area contributed by atoms with Crippen LogP contribution in [0.2, 0.25) is 0 Å². The van der Waals surface area contributed by atoms with Gasteiger partial charge in [0.15, 0.2) is 0 Å². The van der Waals surface area contributed by atoms with Crippen molar-refractivity contribution in [3.8, 4) is 5.75 Å². The molecule has 0 spiro atoms. The van der Waals surface area contributed by atoms with E-state index in [1.807, 2.05) is 60.7 Å².